The molecule has 0 spiro atoms. The van der Waals surface area contributed by atoms with Gasteiger partial charge in [-0.1, -0.05) is 109 Å². The van der Waals surface area contributed by atoms with E-state index in [9.17, 15) is 0 Å². The van der Waals surface area contributed by atoms with Gasteiger partial charge in [-0.15, -0.1) is 0 Å². The van der Waals surface area contributed by atoms with Gasteiger partial charge >= 0.3 is 6.85 Å². The first-order chi connectivity index (χ1) is 22.8. The summed E-state index contributed by atoms with van der Waals surface area (Å²) in [7, 11) is 0. The number of anilines is 2. The Morgan fingerprint density at radius 2 is 1.15 bits per heavy atom. The van der Waals surface area contributed by atoms with Crippen LogP contribution in [0.25, 0.3) is 71.7 Å². The zero-order valence-electron chi connectivity index (χ0n) is 24.8. The highest BCUT2D eigenvalue weighted by Gasteiger charge is 2.43. The van der Waals surface area contributed by atoms with Crippen LogP contribution in [0.2, 0.25) is 0 Å². The molecular weight excluding hydrogens is 559 g/mol. The van der Waals surface area contributed by atoms with Crippen molar-refractivity contribution in [2.24, 2.45) is 0 Å². The molecule has 46 heavy (non-hydrogen) atoms. The van der Waals surface area contributed by atoms with E-state index in [0.29, 0.717) is 0 Å². The highest BCUT2D eigenvalue weighted by molar-refractivity contribution is 6.92. The van der Waals surface area contributed by atoms with Crippen molar-refractivity contribution in [1.82, 2.24) is 4.57 Å². The standard InChI is InChI=1S/C42H25BN2O/c1-2-12-26(13-3-1)44-36-19-9-5-16-29(36)32-24-33-30-22-23-35-41(42(30)46-40(33)25-39(32)44)31-17-7-11-21-38(31)45-37-20-10-6-15-28(37)27-14-4-8-18-34(27)43(35)45/h1-25H. The third-order valence-electron chi connectivity index (χ3n) is 10.2. The first-order valence-electron chi connectivity index (χ1n) is 15.9. The summed E-state index contributed by atoms with van der Waals surface area (Å²) in [6.07, 6.45) is 0. The molecule has 11 rings (SSSR count). The van der Waals surface area contributed by atoms with Gasteiger partial charge in [-0.05, 0) is 52.9 Å². The predicted molar refractivity (Wildman–Crippen MR) is 193 cm³/mol. The average Bonchev–Trinajstić information content (AvgIpc) is 3.65. The summed E-state index contributed by atoms with van der Waals surface area (Å²) >= 11 is 0. The number of nitrogens with zero attached hydrogens (tertiary/aromatic N) is 2. The molecule has 3 nitrogen and oxygen atoms in total. The second kappa shape index (κ2) is 8.80. The van der Waals surface area contributed by atoms with Gasteiger partial charge in [-0.25, -0.2) is 0 Å². The van der Waals surface area contributed by atoms with Gasteiger partial charge in [0.05, 0.1) is 11.0 Å². The summed E-state index contributed by atoms with van der Waals surface area (Å²) in [5, 5.41) is 4.78. The molecule has 0 fully saturated rings. The van der Waals surface area contributed by atoms with Crippen molar-refractivity contribution in [1.29, 1.82) is 0 Å². The molecule has 0 unspecified atom stereocenters. The molecule has 9 aromatic rings. The summed E-state index contributed by atoms with van der Waals surface area (Å²) in [5.74, 6) is 0. The molecule has 0 amide bonds. The Morgan fingerprint density at radius 1 is 0.457 bits per heavy atom. The topological polar surface area (TPSA) is 21.3 Å². The molecule has 0 aliphatic carbocycles. The minimum absolute atomic E-state index is 0.0408. The number of hydrogen-bond acceptors (Lipinski definition) is 2. The largest absolute Gasteiger partial charge is 0.455 e. The molecule has 0 atom stereocenters. The highest BCUT2D eigenvalue weighted by atomic mass is 16.3. The van der Waals surface area contributed by atoms with Crippen LogP contribution in [-0.4, -0.2) is 11.4 Å². The lowest BCUT2D eigenvalue weighted by atomic mass is 9.43. The average molecular weight is 584 g/mol. The molecule has 0 saturated carbocycles. The second-order valence-corrected chi connectivity index (χ2v) is 12.5. The van der Waals surface area contributed by atoms with Gasteiger partial charge in [-0.3, -0.25) is 0 Å². The van der Waals surface area contributed by atoms with Crippen LogP contribution in [-0.2, 0) is 0 Å². The fraction of sp³-hybridized carbons (Fsp3) is 0. The van der Waals surface area contributed by atoms with Gasteiger partial charge in [0.15, 0.2) is 0 Å². The molecule has 0 bridgehead atoms. The maximum Gasteiger partial charge on any atom is 0.329 e. The maximum atomic E-state index is 7.01. The maximum absolute atomic E-state index is 7.01. The van der Waals surface area contributed by atoms with Crippen LogP contribution in [0.5, 0.6) is 0 Å². The minimum Gasteiger partial charge on any atom is -0.455 e. The van der Waals surface area contributed by atoms with Crippen LogP contribution < -0.4 is 15.7 Å². The van der Waals surface area contributed by atoms with Gasteiger partial charge < -0.3 is 13.8 Å². The van der Waals surface area contributed by atoms with E-state index in [1.807, 2.05) is 0 Å². The van der Waals surface area contributed by atoms with Crippen LogP contribution in [0.1, 0.15) is 0 Å². The summed E-state index contributed by atoms with van der Waals surface area (Å²) in [6.45, 7) is 0.0408. The van der Waals surface area contributed by atoms with Crippen LogP contribution in [0.15, 0.2) is 156 Å². The first kappa shape index (κ1) is 24.3. The molecule has 7 aromatic carbocycles. The predicted octanol–water partition coefficient (Wildman–Crippen LogP) is 9.59. The van der Waals surface area contributed by atoms with Crippen molar-refractivity contribution in [2.75, 3.05) is 4.81 Å². The number of aromatic nitrogens is 1. The SMILES string of the molecule is c1ccc(-n2c3ccccc3c3cc4c(cc32)oc2c3c(ccc24)B2c4ccccc4-c4ccccc4N2c2ccccc2-3)cc1. The van der Waals surface area contributed by atoms with Crippen LogP contribution in [0.3, 0.4) is 0 Å². The Kier molecular flexibility index (Phi) is 4.66. The Hall–Kier alpha value is -6.00. The van der Waals surface area contributed by atoms with E-state index in [4.69, 9.17) is 4.42 Å². The molecule has 0 radical (unpaired) electrons. The molecule has 0 saturated heterocycles. The summed E-state index contributed by atoms with van der Waals surface area (Å²) in [4.78, 5) is 2.53. The van der Waals surface area contributed by atoms with Crippen LogP contribution in [0.4, 0.5) is 11.4 Å². The van der Waals surface area contributed by atoms with E-state index in [1.54, 1.807) is 0 Å². The van der Waals surface area contributed by atoms with E-state index >= 15 is 0 Å². The van der Waals surface area contributed by atoms with Gasteiger partial charge in [0, 0.05) is 61.4 Å². The second-order valence-electron chi connectivity index (χ2n) is 12.5. The van der Waals surface area contributed by atoms with E-state index in [2.05, 4.69) is 161 Å². The molecule has 4 heteroatoms. The van der Waals surface area contributed by atoms with Crippen molar-refractivity contribution in [3.8, 4) is 27.9 Å². The van der Waals surface area contributed by atoms with Gasteiger partial charge in [0.2, 0.25) is 0 Å². The van der Waals surface area contributed by atoms with Crippen molar-refractivity contribution in [2.45, 2.75) is 0 Å². The first-order valence-corrected chi connectivity index (χ1v) is 15.9. The van der Waals surface area contributed by atoms with E-state index < -0.39 is 0 Å². The highest BCUT2D eigenvalue weighted by Crippen LogP contribution is 2.48. The van der Waals surface area contributed by atoms with Crippen LogP contribution >= 0.6 is 0 Å². The molecule has 212 valence electrons. The molecule has 2 aromatic heterocycles. The molecule has 0 N–H and O–H groups in total. The van der Waals surface area contributed by atoms with Crippen LogP contribution in [0, 0.1) is 0 Å². The quantitative estimate of drug-likeness (QED) is 0.179. The fourth-order valence-electron chi connectivity index (χ4n) is 8.32. The molecular formula is C42H25BN2O. The van der Waals surface area contributed by atoms with Gasteiger partial charge in [0.25, 0.3) is 0 Å². The lowest BCUT2D eigenvalue weighted by molar-refractivity contribution is 0.670. The number of furan rings is 1. The Bertz CT molecular complexity index is 2720. The number of fused-ring (bicyclic) bond motifs is 18. The summed E-state index contributed by atoms with van der Waals surface area (Å²) in [5.41, 5.74) is 15.4. The van der Waals surface area contributed by atoms with Gasteiger partial charge in [-0.2, -0.15) is 0 Å². The number of hydrogen-bond donors (Lipinski definition) is 0. The van der Waals surface area contributed by atoms with E-state index in [0.717, 1.165) is 33.1 Å². The minimum atomic E-state index is 0.0408. The van der Waals surface area contributed by atoms with Crippen molar-refractivity contribution in [3.63, 3.8) is 0 Å². The fourth-order valence-corrected chi connectivity index (χ4v) is 8.32. The Balaban J connectivity index is 1.24. The van der Waals surface area contributed by atoms with Gasteiger partial charge in [0.1, 0.15) is 11.2 Å². The van der Waals surface area contributed by atoms with Crippen molar-refractivity contribution < 1.29 is 4.42 Å². The Labute approximate surface area is 265 Å². The van der Waals surface area contributed by atoms with Crippen molar-refractivity contribution >= 4 is 72.9 Å². The normalized spacial score (nSPS) is 13.1. The third-order valence-corrected chi connectivity index (χ3v) is 10.2. The zero-order valence-corrected chi connectivity index (χ0v) is 24.8. The summed E-state index contributed by atoms with van der Waals surface area (Å²) in [6, 6.07) is 55.1. The smallest absolute Gasteiger partial charge is 0.329 e. The molecule has 2 aliphatic rings. The lowest BCUT2D eigenvalue weighted by Gasteiger charge is -2.43. The zero-order chi connectivity index (χ0) is 29.9. The van der Waals surface area contributed by atoms with Crippen molar-refractivity contribution in [3.05, 3.63) is 152 Å². The third kappa shape index (κ3) is 3.03. The molecule has 2 aliphatic heterocycles. The number of para-hydroxylation sites is 4. The Morgan fingerprint density at radius 3 is 2.02 bits per heavy atom. The number of rotatable bonds is 1. The summed E-state index contributed by atoms with van der Waals surface area (Å²) < 4.78 is 9.37. The number of benzene rings is 7. The van der Waals surface area contributed by atoms with E-state index in [-0.39, 0.29) is 6.85 Å². The van der Waals surface area contributed by atoms with E-state index in [1.165, 1.54) is 60.8 Å². The molecule has 4 heterocycles. The lowest BCUT2D eigenvalue weighted by Crippen LogP contribution is -2.59. The monoisotopic (exact) mass is 584 g/mol.